The molecule has 1 saturated heterocycles. The Morgan fingerprint density at radius 3 is 2.42 bits per heavy atom. The Labute approximate surface area is 70.5 Å². The van der Waals surface area contributed by atoms with E-state index >= 15 is 0 Å². The van der Waals surface area contributed by atoms with Crippen LogP contribution in [-0.2, 0) is 14.6 Å². The second kappa shape index (κ2) is 3.68. The number of rotatable bonds is 1. The average molecular weight is 177 g/mol. The van der Waals surface area contributed by atoms with Crippen molar-refractivity contribution in [2.45, 2.75) is 37.6 Å². The van der Waals surface area contributed by atoms with Gasteiger partial charge in [0.25, 0.3) is 0 Å². The summed E-state index contributed by atoms with van der Waals surface area (Å²) in [5.41, 5.74) is 0. The molecule has 0 unspecified atom stereocenters. The number of hydrogen-bond acceptors (Lipinski definition) is 4. The fourth-order valence-electron chi connectivity index (χ4n) is 1.33. The van der Waals surface area contributed by atoms with E-state index in [1.165, 1.54) is 7.11 Å². The van der Waals surface area contributed by atoms with Gasteiger partial charge in [-0.1, -0.05) is 0 Å². The molecule has 0 aliphatic carbocycles. The summed E-state index contributed by atoms with van der Waals surface area (Å²) < 4.78 is 9.64. The summed E-state index contributed by atoms with van der Waals surface area (Å²) >= 11 is 0. The quantitative estimate of drug-likeness (QED) is 0.532. The Kier molecular flexibility index (Phi) is 3.03. The van der Waals surface area contributed by atoms with E-state index in [-0.39, 0.29) is 0 Å². The minimum atomic E-state index is -1.58. The van der Waals surface area contributed by atoms with Gasteiger partial charge >= 0.3 is 0 Å². The molecule has 5 nitrogen and oxygen atoms in total. The van der Waals surface area contributed by atoms with Crippen LogP contribution in [0.3, 0.4) is 0 Å². The topological polar surface area (TPSA) is 78.8 Å². The maximum atomic E-state index is 10.9. The van der Waals surface area contributed by atoms with Crippen molar-refractivity contribution in [2.75, 3.05) is 7.11 Å². The number of aliphatic hydroxyl groups excluding tert-OH is 2. The highest BCUT2D eigenvalue weighted by Crippen LogP contribution is 2.21. The van der Waals surface area contributed by atoms with E-state index in [0.717, 1.165) is 0 Å². The van der Waals surface area contributed by atoms with Crippen molar-refractivity contribution in [3.05, 3.63) is 0 Å². The van der Waals surface area contributed by atoms with Crippen molar-refractivity contribution in [2.24, 2.45) is 0 Å². The third-order valence-electron chi connectivity index (χ3n) is 2.05. The number of hydrogen-bond donors (Lipinski definition) is 2. The molecule has 0 aromatic carbocycles. The Morgan fingerprint density at radius 1 is 1.33 bits per heavy atom. The van der Waals surface area contributed by atoms with Gasteiger partial charge in [-0.25, -0.2) is 0 Å². The van der Waals surface area contributed by atoms with Crippen molar-refractivity contribution in [3.63, 3.8) is 0 Å². The van der Waals surface area contributed by atoms with E-state index in [4.69, 9.17) is 14.6 Å². The first-order valence-electron chi connectivity index (χ1n) is 3.78. The molecular weight excluding hydrogens is 164 g/mol. The molecule has 1 aliphatic heterocycles. The first-order valence-corrected chi connectivity index (χ1v) is 3.78. The summed E-state index contributed by atoms with van der Waals surface area (Å²) in [6.45, 7) is 1.62. The van der Waals surface area contributed by atoms with Gasteiger partial charge < -0.3 is 19.7 Å². The molecule has 5 heteroatoms. The third-order valence-corrected chi connectivity index (χ3v) is 2.05. The summed E-state index contributed by atoms with van der Waals surface area (Å²) in [5, 5.41) is 29.3. The van der Waals surface area contributed by atoms with Gasteiger partial charge in [-0.3, -0.25) is 0 Å². The Hall–Kier alpha value is -0.200. The minimum absolute atomic E-state index is 0.490. The largest absolute Gasteiger partial charge is 0.387 e. The lowest BCUT2D eigenvalue weighted by molar-refractivity contribution is -0.299. The van der Waals surface area contributed by atoms with Gasteiger partial charge in [0.2, 0.25) is 6.29 Å². The lowest BCUT2D eigenvalue weighted by atomic mass is 10.00. The van der Waals surface area contributed by atoms with E-state index < -0.39 is 30.7 Å². The van der Waals surface area contributed by atoms with Gasteiger partial charge in [0.15, 0.2) is 0 Å². The molecule has 1 heterocycles. The lowest BCUT2D eigenvalue weighted by Crippen LogP contribution is -2.56. The Balaban J connectivity index is 2.65. The SMILES string of the molecule is CO[C@@H]1[C@@H](O)[C@@H](O)[C@H]([O])O[C@H]1C. The summed E-state index contributed by atoms with van der Waals surface area (Å²) in [5.74, 6) is 0. The summed E-state index contributed by atoms with van der Waals surface area (Å²) in [7, 11) is 1.39. The zero-order valence-electron chi connectivity index (χ0n) is 7.01. The zero-order chi connectivity index (χ0) is 9.30. The fourth-order valence-corrected chi connectivity index (χ4v) is 1.33. The van der Waals surface area contributed by atoms with E-state index in [9.17, 15) is 10.2 Å². The van der Waals surface area contributed by atoms with E-state index in [1.807, 2.05) is 0 Å². The van der Waals surface area contributed by atoms with Crippen LogP contribution in [0.5, 0.6) is 0 Å². The van der Waals surface area contributed by atoms with Gasteiger partial charge in [-0.05, 0) is 6.92 Å². The minimum Gasteiger partial charge on any atom is -0.387 e. The predicted molar refractivity (Wildman–Crippen MR) is 37.8 cm³/mol. The number of methoxy groups -OCH3 is 1. The maximum absolute atomic E-state index is 10.9. The van der Waals surface area contributed by atoms with E-state index in [1.54, 1.807) is 6.92 Å². The molecule has 0 saturated carbocycles. The monoisotopic (exact) mass is 177 g/mol. The molecule has 0 bridgehead atoms. The van der Waals surface area contributed by atoms with Gasteiger partial charge in [-0.15, -0.1) is 0 Å². The first kappa shape index (κ1) is 9.88. The maximum Gasteiger partial charge on any atom is 0.220 e. The van der Waals surface area contributed by atoms with Gasteiger partial charge in [0.05, 0.1) is 6.10 Å². The van der Waals surface area contributed by atoms with Crippen molar-refractivity contribution in [3.8, 4) is 0 Å². The van der Waals surface area contributed by atoms with E-state index in [2.05, 4.69) is 0 Å². The molecule has 0 amide bonds. The van der Waals surface area contributed by atoms with Crippen LogP contribution in [0, 0.1) is 0 Å². The van der Waals surface area contributed by atoms with Gasteiger partial charge in [0, 0.05) is 7.11 Å². The summed E-state index contributed by atoms with van der Waals surface area (Å²) in [4.78, 5) is 0. The zero-order valence-corrected chi connectivity index (χ0v) is 7.01. The van der Waals surface area contributed by atoms with Crippen LogP contribution in [0.1, 0.15) is 6.92 Å². The van der Waals surface area contributed by atoms with Crippen LogP contribution in [0.4, 0.5) is 0 Å². The molecule has 0 aromatic heterocycles. The highest BCUT2D eigenvalue weighted by atomic mass is 16.6. The van der Waals surface area contributed by atoms with Gasteiger partial charge in [0.1, 0.15) is 18.3 Å². The van der Waals surface area contributed by atoms with Crippen LogP contribution in [0.15, 0.2) is 0 Å². The normalized spacial score (nSPS) is 49.2. The number of aliphatic hydroxyl groups is 2. The summed E-state index contributed by atoms with van der Waals surface area (Å²) in [6, 6.07) is 0. The molecule has 71 valence electrons. The molecule has 5 atom stereocenters. The van der Waals surface area contributed by atoms with Crippen LogP contribution >= 0.6 is 0 Å². The van der Waals surface area contributed by atoms with Crippen molar-refractivity contribution >= 4 is 0 Å². The molecule has 1 aliphatic rings. The second-order valence-corrected chi connectivity index (χ2v) is 2.89. The smallest absolute Gasteiger partial charge is 0.220 e. The van der Waals surface area contributed by atoms with Gasteiger partial charge in [-0.2, -0.15) is 5.11 Å². The molecular formula is C7H13O5. The highest BCUT2D eigenvalue weighted by Gasteiger charge is 2.42. The molecule has 12 heavy (non-hydrogen) atoms. The number of ether oxygens (including phenoxy) is 2. The second-order valence-electron chi connectivity index (χ2n) is 2.89. The van der Waals surface area contributed by atoms with Crippen molar-refractivity contribution in [1.82, 2.24) is 0 Å². The highest BCUT2D eigenvalue weighted by molar-refractivity contribution is 4.87. The van der Waals surface area contributed by atoms with Crippen molar-refractivity contribution in [1.29, 1.82) is 0 Å². The third kappa shape index (κ3) is 1.60. The van der Waals surface area contributed by atoms with E-state index in [0.29, 0.717) is 0 Å². The van der Waals surface area contributed by atoms with Crippen molar-refractivity contribution < 1.29 is 24.8 Å². The first-order chi connectivity index (χ1) is 5.57. The predicted octanol–water partition coefficient (Wildman–Crippen LogP) is -1.10. The lowest BCUT2D eigenvalue weighted by Gasteiger charge is -2.37. The standard InChI is InChI=1S/C7H13O5/c1-3-6(11-2)4(8)5(9)7(10)12-3/h3-9H,1-2H3/t3-,4-,5+,6-,7+/m0/s1. The molecule has 1 fully saturated rings. The average Bonchev–Trinajstić information content (AvgIpc) is 2.01. The fraction of sp³-hybridized carbons (Fsp3) is 1.00. The summed E-state index contributed by atoms with van der Waals surface area (Å²) in [6.07, 6.45) is -5.28. The van der Waals surface area contributed by atoms with Crippen LogP contribution < -0.4 is 0 Å². The molecule has 2 N–H and O–H groups in total. The van der Waals surface area contributed by atoms with Crippen LogP contribution in [-0.4, -0.2) is 48.0 Å². The Bertz CT molecular complexity index is 151. The molecule has 1 radical (unpaired) electrons. The Morgan fingerprint density at radius 2 is 1.92 bits per heavy atom. The molecule has 0 spiro atoms. The van der Waals surface area contributed by atoms with Crippen LogP contribution in [0.25, 0.3) is 0 Å². The molecule has 0 aromatic rings. The van der Waals surface area contributed by atoms with Crippen LogP contribution in [0.2, 0.25) is 0 Å². The molecule has 1 rings (SSSR count).